The Hall–Kier alpha value is -2.67. The number of aromatic nitrogens is 1. The lowest BCUT2D eigenvalue weighted by atomic mass is 10.1. The van der Waals surface area contributed by atoms with Gasteiger partial charge in [-0.2, -0.15) is 0 Å². The van der Waals surface area contributed by atoms with E-state index < -0.39 is 4.92 Å². The zero-order valence-electron chi connectivity index (χ0n) is 13.9. The third kappa shape index (κ3) is 3.99. The topological polar surface area (TPSA) is 83.6 Å². The van der Waals surface area contributed by atoms with Crippen molar-refractivity contribution in [2.24, 2.45) is 0 Å². The number of nitro benzene ring substituents is 1. The van der Waals surface area contributed by atoms with Crippen LogP contribution in [0.3, 0.4) is 0 Å². The third-order valence-electron chi connectivity index (χ3n) is 3.79. The first-order valence-electron chi connectivity index (χ1n) is 7.50. The van der Waals surface area contributed by atoms with E-state index in [2.05, 4.69) is 0 Å². The van der Waals surface area contributed by atoms with Gasteiger partial charge in [0.1, 0.15) is 5.75 Å². The molecule has 7 nitrogen and oxygen atoms in total. The minimum Gasteiger partial charge on any atom is -0.485 e. The van der Waals surface area contributed by atoms with E-state index in [9.17, 15) is 14.9 Å². The summed E-state index contributed by atoms with van der Waals surface area (Å²) in [6.45, 7) is 4.88. The summed E-state index contributed by atoms with van der Waals surface area (Å²) in [6.07, 6.45) is 0. The molecular weight excluding hydrogens is 312 g/mol. The van der Waals surface area contributed by atoms with E-state index in [1.807, 2.05) is 24.5 Å². The monoisotopic (exact) mass is 332 g/mol. The van der Waals surface area contributed by atoms with Crippen LogP contribution in [0.1, 0.15) is 21.7 Å². The molecule has 0 saturated carbocycles. The van der Waals surface area contributed by atoms with Gasteiger partial charge in [-0.15, -0.1) is 0 Å². The lowest BCUT2D eigenvalue weighted by molar-refractivity contribution is -0.384. The summed E-state index contributed by atoms with van der Waals surface area (Å²) in [7, 11) is 1.63. The highest BCUT2D eigenvalue weighted by molar-refractivity contribution is 5.98. The predicted octanol–water partition coefficient (Wildman–Crippen LogP) is 2.92. The average Bonchev–Trinajstić information content (AvgIpc) is 2.85. The van der Waals surface area contributed by atoms with Gasteiger partial charge in [0.2, 0.25) is 5.78 Å². The molecule has 7 heteroatoms. The van der Waals surface area contributed by atoms with Crippen LogP contribution in [0, 0.1) is 24.0 Å². The maximum atomic E-state index is 12.4. The lowest BCUT2D eigenvalue weighted by Gasteiger charge is -2.09. The fourth-order valence-corrected chi connectivity index (χ4v) is 2.52. The molecule has 0 amide bonds. The fourth-order valence-electron chi connectivity index (χ4n) is 2.52. The second-order valence-corrected chi connectivity index (χ2v) is 5.40. The van der Waals surface area contributed by atoms with Gasteiger partial charge in [-0.25, -0.2) is 0 Å². The number of carbonyl (C=O) groups is 1. The van der Waals surface area contributed by atoms with E-state index >= 15 is 0 Å². The summed E-state index contributed by atoms with van der Waals surface area (Å²) < 4.78 is 12.5. The first kappa shape index (κ1) is 17.7. The van der Waals surface area contributed by atoms with Gasteiger partial charge in [-0.05, 0) is 26.0 Å². The molecule has 2 aromatic rings. The molecule has 0 fully saturated rings. The van der Waals surface area contributed by atoms with Gasteiger partial charge in [0.25, 0.3) is 5.69 Å². The lowest BCUT2D eigenvalue weighted by Crippen LogP contribution is -2.13. The van der Waals surface area contributed by atoms with Gasteiger partial charge >= 0.3 is 0 Å². The largest absolute Gasteiger partial charge is 0.485 e. The number of hydrogen-bond donors (Lipinski definition) is 0. The van der Waals surface area contributed by atoms with Crippen molar-refractivity contribution >= 4 is 11.5 Å². The molecule has 128 valence electrons. The Kier molecular flexibility index (Phi) is 5.70. The molecule has 24 heavy (non-hydrogen) atoms. The molecule has 0 unspecified atom stereocenters. The van der Waals surface area contributed by atoms with E-state index in [-0.39, 0.29) is 18.1 Å². The summed E-state index contributed by atoms with van der Waals surface area (Å²) >= 11 is 0. The summed E-state index contributed by atoms with van der Waals surface area (Å²) in [5.74, 6) is 0.129. The number of nitrogens with zero attached hydrogens (tertiary/aromatic N) is 2. The summed E-state index contributed by atoms with van der Waals surface area (Å²) in [5, 5.41) is 10.8. The normalized spacial score (nSPS) is 10.6. The second kappa shape index (κ2) is 7.74. The number of Topliss-reactive ketones (excluding diaryl/α,β-unsaturated/α-hetero) is 1. The van der Waals surface area contributed by atoms with Crippen LogP contribution in [0.25, 0.3) is 0 Å². The number of nitro groups is 1. The fraction of sp³-hybridized carbons (Fsp3) is 0.353. The maximum Gasteiger partial charge on any atom is 0.273 e. The van der Waals surface area contributed by atoms with Gasteiger partial charge in [0.05, 0.1) is 17.6 Å². The zero-order chi connectivity index (χ0) is 17.7. The summed E-state index contributed by atoms with van der Waals surface area (Å²) in [4.78, 5) is 22.6. The smallest absolute Gasteiger partial charge is 0.273 e. The molecule has 0 aliphatic rings. The number of aryl methyl sites for hydroxylation is 1. The highest BCUT2D eigenvalue weighted by Crippen LogP contribution is 2.20. The molecule has 0 aliphatic heterocycles. The molecule has 1 aromatic carbocycles. The number of rotatable bonds is 8. The van der Waals surface area contributed by atoms with E-state index in [1.54, 1.807) is 13.2 Å². The molecule has 0 bridgehead atoms. The summed E-state index contributed by atoms with van der Waals surface area (Å²) in [5.41, 5.74) is 2.35. The second-order valence-electron chi connectivity index (χ2n) is 5.40. The highest BCUT2D eigenvalue weighted by Gasteiger charge is 2.16. The number of ketones is 1. The van der Waals surface area contributed by atoms with Crippen LogP contribution in [0.5, 0.6) is 5.75 Å². The van der Waals surface area contributed by atoms with Crippen LogP contribution in [-0.4, -0.2) is 35.6 Å². The van der Waals surface area contributed by atoms with Crippen molar-refractivity contribution in [1.29, 1.82) is 0 Å². The van der Waals surface area contributed by atoms with Crippen LogP contribution >= 0.6 is 0 Å². The third-order valence-corrected chi connectivity index (χ3v) is 3.79. The van der Waals surface area contributed by atoms with Gasteiger partial charge in [0, 0.05) is 36.7 Å². The molecule has 0 atom stereocenters. The maximum absolute atomic E-state index is 12.4. The van der Waals surface area contributed by atoms with Crippen LogP contribution in [-0.2, 0) is 11.3 Å². The minimum absolute atomic E-state index is 0.0716. The van der Waals surface area contributed by atoms with E-state index in [4.69, 9.17) is 9.47 Å². The Labute approximate surface area is 140 Å². The summed E-state index contributed by atoms with van der Waals surface area (Å²) in [6, 6.07) is 7.61. The molecule has 0 N–H and O–H groups in total. The van der Waals surface area contributed by atoms with Crippen LogP contribution in [0.15, 0.2) is 30.3 Å². The number of hydrogen-bond acceptors (Lipinski definition) is 5. The van der Waals surface area contributed by atoms with E-state index in [1.165, 1.54) is 18.2 Å². The SMILES string of the molecule is COCCn1c(C)cc(C(=O)COc2cccc([N+](=O)[O-])c2)c1C. The van der Waals surface area contributed by atoms with Crippen molar-refractivity contribution in [2.45, 2.75) is 20.4 Å². The van der Waals surface area contributed by atoms with Crippen molar-refractivity contribution in [2.75, 3.05) is 20.3 Å². The predicted molar refractivity (Wildman–Crippen MR) is 88.7 cm³/mol. The number of ether oxygens (including phenoxy) is 2. The van der Waals surface area contributed by atoms with Gasteiger partial charge in [-0.1, -0.05) is 6.07 Å². The number of non-ortho nitro benzene ring substituents is 1. The molecule has 0 saturated heterocycles. The van der Waals surface area contributed by atoms with Crippen LogP contribution in [0.2, 0.25) is 0 Å². The minimum atomic E-state index is -0.502. The number of methoxy groups -OCH3 is 1. The Morgan fingerprint density at radius 2 is 2.04 bits per heavy atom. The average molecular weight is 332 g/mol. The van der Waals surface area contributed by atoms with Gasteiger partial charge in [-0.3, -0.25) is 14.9 Å². The van der Waals surface area contributed by atoms with Crippen molar-refractivity contribution in [3.8, 4) is 5.75 Å². The molecule has 0 aliphatic carbocycles. The van der Waals surface area contributed by atoms with Crippen molar-refractivity contribution in [3.63, 3.8) is 0 Å². The highest BCUT2D eigenvalue weighted by atomic mass is 16.6. The molecule has 1 aromatic heterocycles. The first-order chi connectivity index (χ1) is 11.4. The molecule has 0 spiro atoms. The van der Waals surface area contributed by atoms with Crippen LogP contribution < -0.4 is 4.74 Å². The molecule has 1 heterocycles. The standard InChI is InChI=1S/C17H20N2O5/c1-12-9-16(13(2)18(12)7-8-23-3)17(20)11-24-15-6-4-5-14(10-15)19(21)22/h4-6,9-10H,7-8,11H2,1-3H3. The van der Waals surface area contributed by atoms with Crippen molar-refractivity contribution < 1.29 is 19.2 Å². The molecule has 0 radical (unpaired) electrons. The first-order valence-corrected chi connectivity index (χ1v) is 7.50. The number of carbonyl (C=O) groups excluding carboxylic acids is 1. The molecular formula is C17H20N2O5. The van der Waals surface area contributed by atoms with Gasteiger partial charge < -0.3 is 14.0 Å². The number of benzene rings is 1. The van der Waals surface area contributed by atoms with E-state index in [0.717, 1.165) is 11.4 Å². The quantitative estimate of drug-likeness (QED) is 0.421. The van der Waals surface area contributed by atoms with Crippen molar-refractivity contribution in [3.05, 3.63) is 57.4 Å². The Bertz CT molecular complexity index is 751. The van der Waals surface area contributed by atoms with E-state index in [0.29, 0.717) is 24.5 Å². The van der Waals surface area contributed by atoms with Gasteiger partial charge in [0.15, 0.2) is 6.61 Å². The van der Waals surface area contributed by atoms with Crippen molar-refractivity contribution in [1.82, 2.24) is 4.57 Å². The Morgan fingerprint density at radius 3 is 2.71 bits per heavy atom. The van der Waals surface area contributed by atoms with Crippen LogP contribution in [0.4, 0.5) is 5.69 Å². The zero-order valence-corrected chi connectivity index (χ0v) is 13.9. The Morgan fingerprint density at radius 1 is 1.29 bits per heavy atom. The Balaban J connectivity index is 2.08. The molecule has 2 rings (SSSR count).